The van der Waals surface area contributed by atoms with Gasteiger partial charge in [-0.05, 0) is 62.6 Å². The van der Waals surface area contributed by atoms with E-state index in [0.717, 1.165) is 24.1 Å². The number of methoxy groups -OCH3 is 2. The topological polar surface area (TPSA) is 124 Å². The fourth-order valence-corrected chi connectivity index (χ4v) is 3.53. The highest BCUT2D eigenvalue weighted by Gasteiger charge is 2.25. The molecule has 0 aliphatic carbocycles. The van der Waals surface area contributed by atoms with Gasteiger partial charge in [0.05, 0.1) is 14.2 Å². The molecular weight excluding hydrogens is 454 g/mol. The lowest BCUT2D eigenvalue weighted by molar-refractivity contribution is -0.168. The van der Waals surface area contributed by atoms with Crippen molar-refractivity contribution in [3.05, 3.63) is 53.1 Å². The fourth-order valence-electron chi connectivity index (χ4n) is 3.53. The van der Waals surface area contributed by atoms with Gasteiger partial charge in [0.15, 0.2) is 11.5 Å². The third-order valence-corrected chi connectivity index (χ3v) is 5.32. The zero-order valence-corrected chi connectivity index (χ0v) is 20.7. The number of carbonyl (C=O) groups excluding carboxylic acids is 1. The standard InChI is InChI=1S/C26H35NO8/c1-5-12-27-15-19(28)16-34-21-9-6-17(2)13-20(21)22(35-26(31)25(29)30)10-7-18-8-11-23(32-3)24(14-18)33-4/h6,8-9,11,13-14,19,22,27-28H,5,7,10,12,15-16H2,1-4H3,(H,29,30). The van der Waals surface area contributed by atoms with Gasteiger partial charge in [-0.25, -0.2) is 9.59 Å². The van der Waals surface area contributed by atoms with Crippen molar-refractivity contribution in [1.29, 1.82) is 0 Å². The van der Waals surface area contributed by atoms with Crippen LogP contribution in [0.3, 0.4) is 0 Å². The number of hydrogen-bond donors (Lipinski definition) is 3. The summed E-state index contributed by atoms with van der Waals surface area (Å²) in [5.41, 5.74) is 2.32. The van der Waals surface area contributed by atoms with E-state index < -0.39 is 24.1 Å². The molecule has 0 aromatic heterocycles. The van der Waals surface area contributed by atoms with E-state index in [1.54, 1.807) is 32.4 Å². The highest BCUT2D eigenvalue weighted by Crippen LogP contribution is 2.34. The molecule has 9 nitrogen and oxygen atoms in total. The Bertz CT molecular complexity index is 978. The Kier molecular flexibility index (Phi) is 11.3. The minimum atomic E-state index is -1.67. The van der Waals surface area contributed by atoms with Crippen molar-refractivity contribution in [3.8, 4) is 17.2 Å². The van der Waals surface area contributed by atoms with Gasteiger partial charge in [-0.2, -0.15) is 0 Å². The van der Waals surface area contributed by atoms with E-state index in [4.69, 9.17) is 24.1 Å². The Labute approximate surface area is 206 Å². The Balaban J connectivity index is 2.25. The number of ether oxygens (including phenoxy) is 4. The normalized spacial score (nSPS) is 12.5. The molecule has 9 heteroatoms. The van der Waals surface area contributed by atoms with Crippen molar-refractivity contribution in [2.45, 2.75) is 45.3 Å². The molecule has 0 heterocycles. The molecule has 0 aliphatic rings. The SMILES string of the molecule is CCCNCC(O)COc1ccc(C)cc1C(CCc1ccc(OC)c(OC)c1)OC(=O)C(=O)O. The number of carbonyl (C=O) groups is 2. The number of aliphatic hydroxyl groups is 1. The Hall–Kier alpha value is -3.30. The molecule has 0 radical (unpaired) electrons. The summed E-state index contributed by atoms with van der Waals surface area (Å²) in [4.78, 5) is 23.2. The second-order valence-electron chi connectivity index (χ2n) is 8.14. The number of carboxylic acids is 1. The molecule has 2 aromatic carbocycles. The third-order valence-electron chi connectivity index (χ3n) is 5.32. The van der Waals surface area contributed by atoms with Crippen LogP contribution in [0.1, 0.15) is 42.6 Å². The summed E-state index contributed by atoms with van der Waals surface area (Å²) in [6, 6.07) is 10.8. The van der Waals surface area contributed by atoms with E-state index in [0.29, 0.717) is 42.2 Å². The van der Waals surface area contributed by atoms with Gasteiger partial charge in [-0.3, -0.25) is 0 Å². The summed E-state index contributed by atoms with van der Waals surface area (Å²) in [5.74, 6) is -1.45. The van der Waals surface area contributed by atoms with E-state index in [1.807, 2.05) is 32.0 Å². The smallest absolute Gasteiger partial charge is 0.417 e. The Morgan fingerprint density at radius 2 is 1.74 bits per heavy atom. The number of carboxylic acid groups (broad SMARTS) is 1. The van der Waals surface area contributed by atoms with Gasteiger partial charge in [0, 0.05) is 12.1 Å². The molecule has 2 aromatic rings. The molecule has 192 valence electrons. The molecule has 0 saturated carbocycles. The van der Waals surface area contributed by atoms with Crippen LogP contribution in [0, 0.1) is 6.92 Å². The quantitative estimate of drug-likeness (QED) is 0.209. The molecular formula is C26H35NO8. The largest absolute Gasteiger partial charge is 0.493 e. The summed E-state index contributed by atoms with van der Waals surface area (Å²) >= 11 is 0. The third kappa shape index (κ3) is 8.77. The summed E-state index contributed by atoms with van der Waals surface area (Å²) in [6.45, 7) is 5.11. The number of aliphatic carboxylic acids is 1. The molecule has 0 amide bonds. The van der Waals surface area contributed by atoms with Crippen molar-refractivity contribution < 1.29 is 38.7 Å². The van der Waals surface area contributed by atoms with E-state index in [-0.39, 0.29) is 6.61 Å². The van der Waals surface area contributed by atoms with Gasteiger partial charge in [0.25, 0.3) is 0 Å². The van der Waals surface area contributed by atoms with Crippen molar-refractivity contribution in [3.63, 3.8) is 0 Å². The van der Waals surface area contributed by atoms with Gasteiger partial charge in [0.1, 0.15) is 24.6 Å². The number of aliphatic hydroxyl groups excluding tert-OH is 1. The highest BCUT2D eigenvalue weighted by molar-refractivity contribution is 6.28. The first kappa shape index (κ1) is 27.9. The van der Waals surface area contributed by atoms with Crippen molar-refractivity contribution >= 4 is 11.9 Å². The fraction of sp³-hybridized carbons (Fsp3) is 0.462. The van der Waals surface area contributed by atoms with E-state index in [2.05, 4.69) is 5.32 Å². The lowest BCUT2D eigenvalue weighted by atomic mass is 9.98. The number of hydrogen-bond acceptors (Lipinski definition) is 8. The predicted octanol–water partition coefficient (Wildman–Crippen LogP) is 3.05. The van der Waals surface area contributed by atoms with E-state index in [1.165, 1.54) is 0 Å². The van der Waals surface area contributed by atoms with Crippen LogP contribution in [0.2, 0.25) is 0 Å². The molecule has 0 fully saturated rings. The van der Waals surface area contributed by atoms with Crippen LogP contribution in [0.15, 0.2) is 36.4 Å². The zero-order valence-electron chi connectivity index (χ0n) is 20.7. The average molecular weight is 490 g/mol. The van der Waals surface area contributed by atoms with Crippen LogP contribution in [0.5, 0.6) is 17.2 Å². The van der Waals surface area contributed by atoms with Crippen molar-refractivity contribution in [2.75, 3.05) is 33.9 Å². The van der Waals surface area contributed by atoms with Crippen LogP contribution < -0.4 is 19.5 Å². The van der Waals surface area contributed by atoms with Gasteiger partial charge >= 0.3 is 11.9 Å². The van der Waals surface area contributed by atoms with Crippen LogP contribution in [-0.4, -0.2) is 62.2 Å². The summed E-state index contributed by atoms with van der Waals surface area (Å²) in [5, 5.41) is 22.5. The lowest BCUT2D eigenvalue weighted by Crippen LogP contribution is -2.32. The molecule has 0 bridgehead atoms. The second kappa shape index (κ2) is 14.2. The summed E-state index contributed by atoms with van der Waals surface area (Å²) in [7, 11) is 3.09. The minimum Gasteiger partial charge on any atom is -0.493 e. The van der Waals surface area contributed by atoms with Gasteiger partial charge in [-0.15, -0.1) is 0 Å². The van der Waals surface area contributed by atoms with Crippen molar-refractivity contribution in [1.82, 2.24) is 5.32 Å². The number of benzene rings is 2. The molecule has 35 heavy (non-hydrogen) atoms. The molecule has 2 rings (SSSR count). The number of rotatable bonds is 14. The maximum atomic E-state index is 12.0. The maximum Gasteiger partial charge on any atom is 0.417 e. The number of nitrogens with one attached hydrogen (secondary N) is 1. The van der Waals surface area contributed by atoms with Crippen molar-refractivity contribution in [2.24, 2.45) is 0 Å². The lowest BCUT2D eigenvalue weighted by Gasteiger charge is -2.22. The number of esters is 1. The average Bonchev–Trinajstić information content (AvgIpc) is 2.85. The minimum absolute atomic E-state index is 0.0298. The van der Waals surface area contributed by atoms with E-state index in [9.17, 15) is 14.7 Å². The maximum absolute atomic E-state index is 12.0. The zero-order chi connectivity index (χ0) is 25.8. The van der Waals surface area contributed by atoms with Crippen LogP contribution >= 0.6 is 0 Å². The van der Waals surface area contributed by atoms with Crippen LogP contribution in [-0.2, 0) is 20.7 Å². The molecule has 0 saturated heterocycles. The molecule has 0 aliphatic heterocycles. The van der Waals surface area contributed by atoms with E-state index >= 15 is 0 Å². The first-order chi connectivity index (χ1) is 16.8. The Morgan fingerprint density at radius 1 is 1.03 bits per heavy atom. The highest BCUT2D eigenvalue weighted by atomic mass is 16.6. The van der Waals surface area contributed by atoms with Crippen LogP contribution in [0.25, 0.3) is 0 Å². The molecule has 0 spiro atoms. The molecule has 2 atom stereocenters. The first-order valence-electron chi connectivity index (χ1n) is 11.6. The first-order valence-corrected chi connectivity index (χ1v) is 11.6. The molecule has 2 unspecified atom stereocenters. The molecule has 3 N–H and O–H groups in total. The second-order valence-corrected chi connectivity index (χ2v) is 8.14. The van der Waals surface area contributed by atoms with Gasteiger partial charge in [0.2, 0.25) is 0 Å². The summed E-state index contributed by atoms with van der Waals surface area (Å²) in [6.07, 6.45) is 0.107. The summed E-state index contributed by atoms with van der Waals surface area (Å²) < 4.78 is 21.8. The monoisotopic (exact) mass is 489 g/mol. The Morgan fingerprint density at radius 3 is 2.40 bits per heavy atom. The van der Waals surface area contributed by atoms with Crippen LogP contribution in [0.4, 0.5) is 0 Å². The van der Waals surface area contributed by atoms with Gasteiger partial charge in [-0.1, -0.05) is 24.6 Å². The number of aryl methyl sites for hydroxylation is 2. The predicted molar refractivity (Wildman–Crippen MR) is 130 cm³/mol. The van der Waals surface area contributed by atoms with Gasteiger partial charge < -0.3 is 34.5 Å².